The predicted molar refractivity (Wildman–Crippen MR) is 145 cm³/mol. The summed E-state index contributed by atoms with van der Waals surface area (Å²) in [7, 11) is 0. The molecule has 8 heteroatoms. The van der Waals surface area contributed by atoms with Crippen molar-refractivity contribution < 1.29 is 14.3 Å². The molecule has 1 aromatic heterocycles. The Balaban J connectivity index is 2.20. The van der Waals surface area contributed by atoms with Crippen molar-refractivity contribution >= 4 is 22.6 Å². The quantitative estimate of drug-likeness (QED) is 0.136. The van der Waals surface area contributed by atoms with Crippen LogP contribution in [0.2, 0.25) is 0 Å². The number of carbonyl (C=O) groups is 2. The Morgan fingerprint density at radius 1 is 1.17 bits per heavy atom. The Morgan fingerprint density at radius 3 is 2.64 bits per heavy atom. The number of carbonyl (C=O) groups excluding carboxylic acids is 2. The van der Waals surface area contributed by atoms with Crippen LogP contribution in [0.25, 0.3) is 10.9 Å². The van der Waals surface area contributed by atoms with Crippen LogP contribution >= 0.6 is 0 Å². The number of pyridine rings is 1. The van der Waals surface area contributed by atoms with Gasteiger partial charge < -0.3 is 4.74 Å². The number of ether oxygens (including phenoxy) is 1. The number of aromatic nitrogens is 1. The number of rotatable bonds is 16. The van der Waals surface area contributed by atoms with E-state index in [9.17, 15) is 9.59 Å². The van der Waals surface area contributed by atoms with E-state index in [0.717, 1.165) is 25.0 Å². The summed E-state index contributed by atoms with van der Waals surface area (Å²) in [6.07, 6.45) is 11.2. The van der Waals surface area contributed by atoms with Gasteiger partial charge in [0, 0.05) is 18.5 Å². The van der Waals surface area contributed by atoms with E-state index in [4.69, 9.17) is 4.74 Å². The van der Waals surface area contributed by atoms with E-state index in [0.29, 0.717) is 34.7 Å². The van der Waals surface area contributed by atoms with Crippen LogP contribution in [0.1, 0.15) is 64.2 Å². The smallest absolute Gasteiger partial charge is 0.269 e. The van der Waals surface area contributed by atoms with E-state index in [1.165, 1.54) is 13.3 Å². The van der Waals surface area contributed by atoms with Gasteiger partial charge in [-0.25, -0.2) is 10.4 Å². The number of hydrogen-bond donors (Lipinski definition) is 3. The lowest BCUT2D eigenvalue weighted by atomic mass is 10.1. The third-order valence-corrected chi connectivity index (χ3v) is 5.55. The lowest BCUT2D eigenvalue weighted by Gasteiger charge is -2.25. The number of hydrazine groups is 2. The predicted octanol–water partition coefficient (Wildman–Crippen LogP) is 4.55. The Bertz CT molecular complexity index is 1050. The normalized spacial score (nSPS) is 12.1. The Hall–Kier alpha value is -3.07. The van der Waals surface area contributed by atoms with Crippen LogP contribution < -0.4 is 21.0 Å². The lowest BCUT2D eigenvalue weighted by molar-refractivity contribution is -0.116. The van der Waals surface area contributed by atoms with Crippen molar-refractivity contribution in [1.82, 2.24) is 26.3 Å². The highest BCUT2D eigenvalue weighted by Crippen LogP contribution is 2.26. The van der Waals surface area contributed by atoms with Crippen LogP contribution in [0, 0.1) is 5.92 Å². The molecule has 1 amide bonds. The molecule has 0 aliphatic heterocycles. The van der Waals surface area contributed by atoms with Gasteiger partial charge in [-0.15, -0.1) is 0 Å². The number of para-hydroxylation sites is 1. The zero-order valence-corrected chi connectivity index (χ0v) is 22.3. The summed E-state index contributed by atoms with van der Waals surface area (Å²) in [5.74, 6) is 0.600. The molecular formula is C28H41N5O3. The fraction of sp³-hybridized carbons (Fsp3) is 0.464. The zero-order chi connectivity index (χ0) is 26.3. The van der Waals surface area contributed by atoms with Gasteiger partial charge in [-0.05, 0) is 44.7 Å². The van der Waals surface area contributed by atoms with Crippen molar-refractivity contribution in [3.8, 4) is 5.75 Å². The van der Waals surface area contributed by atoms with Crippen molar-refractivity contribution in [2.24, 2.45) is 5.92 Å². The number of nitrogens with zero attached hydrogens (tertiary/aromatic N) is 2. The van der Waals surface area contributed by atoms with Gasteiger partial charge in [0.15, 0.2) is 12.5 Å². The third-order valence-electron chi connectivity index (χ3n) is 5.55. The average Bonchev–Trinajstić information content (AvgIpc) is 2.85. The monoisotopic (exact) mass is 495 g/mol. The molecular weight excluding hydrogens is 454 g/mol. The molecule has 3 N–H and O–H groups in total. The van der Waals surface area contributed by atoms with Crippen molar-refractivity contribution in [3.05, 3.63) is 59.8 Å². The lowest BCUT2D eigenvalue weighted by Crippen LogP contribution is -2.43. The Morgan fingerprint density at radius 2 is 1.94 bits per heavy atom. The van der Waals surface area contributed by atoms with Gasteiger partial charge in [0.05, 0.1) is 23.8 Å². The average molecular weight is 496 g/mol. The Labute approximate surface area is 215 Å². The molecule has 0 radical (unpaired) electrons. The van der Waals surface area contributed by atoms with Crippen LogP contribution in [0.5, 0.6) is 5.75 Å². The summed E-state index contributed by atoms with van der Waals surface area (Å²) >= 11 is 0. The second kappa shape index (κ2) is 15.8. The van der Waals surface area contributed by atoms with Gasteiger partial charge in [-0.2, -0.15) is 0 Å². The molecule has 0 aliphatic rings. The minimum Gasteiger partial charge on any atom is -0.474 e. The first-order valence-corrected chi connectivity index (χ1v) is 12.6. The second-order valence-electron chi connectivity index (χ2n) is 9.16. The molecule has 0 atom stereocenters. The van der Waals surface area contributed by atoms with Crippen LogP contribution in [0.4, 0.5) is 0 Å². The van der Waals surface area contributed by atoms with Crippen molar-refractivity contribution in [2.45, 2.75) is 53.9 Å². The second-order valence-corrected chi connectivity index (χ2v) is 9.16. The number of unbranched alkanes of at least 4 members (excludes halogenated alkanes) is 1. The Kier molecular flexibility index (Phi) is 12.8. The van der Waals surface area contributed by atoms with Gasteiger partial charge in [0.1, 0.15) is 5.78 Å². The van der Waals surface area contributed by atoms with Crippen LogP contribution in [-0.4, -0.2) is 48.0 Å². The van der Waals surface area contributed by atoms with E-state index in [2.05, 4.69) is 47.3 Å². The standard InChI is InChI=1S/C28H41N5O3/c1-6-12-23(7-2)19-33(31-16-11-10-13-21(3)4)20-36-26-18-29-25-15-9-8-14-24(25)27(26)28(35)32-30-17-22(5)34/h6-9,12,14-15,18,21,30-31H,10-11,13,16-17,19-20H2,1-5H3,(H,32,35)/b12-6-,23-7+. The van der Waals surface area contributed by atoms with Gasteiger partial charge in [0.2, 0.25) is 0 Å². The zero-order valence-electron chi connectivity index (χ0n) is 22.3. The molecule has 0 spiro atoms. The molecule has 2 aromatic rings. The van der Waals surface area contributed by atoms with Crippen LogP contribution in [0.15, 0.2) is 54.3 Å². The summed E-state index contributed by atoms with van der Waals surface area (Å²) in [6, 6.07) is 7.41. The van der Waals surface area contributed by atoms with Gasteiger partial charge in [-0.3, -0.25) is 25.4 Å². The summed E-state index contributed by atoms with van der Waals surface area (Å²) < 4.78 is 6.17. The highest BCUT2D eigenvalue weighted by Gasteiger charge is 2.19. The minimum atomic E-state index is -0.388. The first-order valence-electron chi connectivity index (χ1n) is 12.6. The number of allylic oxidation sites excluding steroid dienone is 2. The van der Waals surface area contributed by atoms with E-state index >= 15 is 0 Å². The summed E-state index contributed by atoms with van der Waals surface area (Å²) in [5, 5.41) is 2.68. The number of benzene rings is 1. The summed E-state index contributed by atoms with van der Waals surface area (Å²) in [5.41, 5.74) is 11.0. The SMILES string of the molecule is C/C=C\C(=C/C)CN(COc1cnc2ccccc2c1C(=O)NNCC(C)=O)NCCCCC(C)C. The van der Waals surface area contributed by atoms with E-state index in [-0.39, 0.29) is 25.0 Å². The van der Waals surface area contributed by atoms with E-state index in [1.807, 2.05) is 49.2 Å². The maximum atomic E-state index is 13.1. The number of amides is 1. The fourth-order valence-corrected chi connectivity index (χ4v) is 3.66. The maximum Gasteiger partial charge on any atom is 0.269 e. The molecule has 0 aliphatic carbocycles. The van der Waals surface area contributed by atoms with Crippen molar-refractivity contribution in [1.29, 1.82) is 0 Å². The first-order chi connectivity index (χ1) is 17.3. The highest BCUT2D eigenvalue weighted by molar-refractivity contribution is 6.08. The van der Waals surface area contributed by atoms with Gasteiger partial charge in [0.25, 0.3) is 5.91 Å². The molecule has 36 heavy (non-hydrogen) atoms. The van der Waals surface area contributed by atoms with Crippen molar-refractivity contribution in [3.63, 3.8) is 0 Å². The van der Waals surface area contributed by atoms with E-state index in [1.54, 1.807) is 6.20 Å². The number of fused-ring (bicyclic) bond motifs is 1. The molecule has 0 unspecified atom stereocenters. The summed E-state index contributed by atoms with van der Waals surface area (Å²) in [4.78, 5) is 28.8. The number of ketones is 1. The third kappa shape index (κ3) is 9.89. The molecule has 0 bridgehead atoms. The van der Waals surface area contributed by atoms with Crippen LogP contribution in [-0.2, 0) is 4.79 Å². The number of nitrogens with one attached hydrogen (secondary N) is 3. The molecule has 1 heterocycles. The molecule has 2 rings (SSSR count). The first kappa shape index (κ1) is 29.2. The number of Topliss-reactive ketones (excluding diaryl/α,β-unsaturated/α-hetero) is 1. The van der Waals surface area contributed by atoms with E-state index < -0.39 is 0 Å². The fourth-order valence-electron chi connectivity index (χ4n) is 3.66. The molecule has 0 saturated heterocycles. The molecule has 0 saturated carbocycles. The topological polar surface area (TPSA) is 95.6 Å². The van der Waals surface area contributed by atoms with Crippen molar-refractivity contribution in [2.75, 3.05) is 26.4 Å². The molecule has 8 nitrogen and oxygen atoms in total. The van der Waals surface area contributed by atoms with Gasteiger partial charge >= 0.3 is 0 Å². The molecule has 1 aromatic carbocycles. The molecule has 196 valence electrons. The highest BCUT2D eigenvalue weighted by atomic mass is 16.5. The largest absolute Gasteiger partial charge is 0.474 e. The molecule has 0 fully saturated rings. The van der Waals surface area contributed by atoms with Gasteiger partial charge in [-0.1, -0.05) is 63.1 Å². The minimum absolute atomic E-state index is 0.0382. The maximum absolute atomic E-state index is 13.1. The van der Waals surface area contributed by atoms with Crippen LogP contribution in [0.3, 0.4) is 0 Å². The summed E-state index contributed by atoms with van der Waals surface area (Å²) in [6.45, 7) is 11.7. The number of hydrogen-bond acceptors (Lipinski definition) is 7.